The highest BCUT2D eigenvalue weighted by Crippen LogP contribution is 2.33. The Kier molecular flexibility index (Phi) is 5.36. The highest BCUT2D eigenvalue weighted by atomic mass is 35.5. The quantitative estimate of drug-likeness (QED) is 0.532. The second kappa shape index (κ2) is 7.70. The van der Waals surface area contributed by atoms with E-state index >= 15 is 0 Å². The molecule has 7 heteroatoms. The first-order valence-electron chi connectivity index (χ1n) is 7.81. The molecule has 0 amide bonds. The molecule has 0 radical (unpaired) electrons. The van der Waals surface area contributed by atoms with Crippen molar-refractivity contribution in [1.82, 2.24) is 4.57 Å². The van der Waals surface area contributed by atoms with Gasteiger partial charge in [-0.2, -0.15) is 5.26 Å². The van der Waals surface area contributed by atoms with Gasteiger partial charge in [-0.3, -0.25) is 9.59 Å². The predicted molar refractivity (Wildman–Crippen MR) is 105 cm³/mol. The van der Waals surface area contributed by atoms with Gasteiger partial charge in [0.25, 0.3) is 5.56 Å². The summed E-state index contributed by atoms with van der Waals surface area (Å²) in [5.74, 6) is -0.990. The Balaban J connectivity index is 2.38. The fraction of sp³-hybridized carbons (Fsp3) is 0.0500. The van der Waals surface area contributed by atoms with Crippen molar-refractivity contribution < 1.29 is 9.90 Å². The van der Waals surface area contributed by atoms with E-state index in [1.807, 2.05) is 6.07 Å². The Hall–Kier alpha value is -3.01. The summed E-state index contributed by atoms with van der Waals surface area (Å²) in [6.45, 7) is 0. The van der Waals surface area contributed by atoms with Crippen molar-refractivity contribution in [3.05, 3.63) is 86.7 Å². The van der Waals surface area contributed by atoms with Crippen LogP contribution in [0.2, 0.25) is 5.02 Å². The van der Waals surface area contributed by atoms with Crippen LogP contribution in [0.4, 0.5) is 0 Å². The standard InChI is InChI=1S/C20H13ClN2O3S/c1-27-18-15(11-22)19(25)23(14-9-7-13(21)8-10-14)20(26)16(18)17(24)12-5-3-2-4-6-12/h2-10,26H,1H3. The topological polar surface area (TPSA) is 83.1 Å². The van der Waals surface area contributed by atoms with Crippen LogP contribution in [0.15, 0.2) is 64.3 Å². The molecule has 5 nitrogen and oxygen atoms in total. The molecule has 0 atom stereocenters. The highest BCUT2D eigenvalue weighted by Gasteiger charge is 2.27. The number of thioether (sulfide) groups is 1. The van der Waals surface area contributed by atoms with E-state index in [0.717, 1.165) is 16.3 Å². The van der Waals surface area contributed by atoms with E-state index in [0.29, 0.717) is 16.3 Å². The lowest BCUT2D eigenvalue weighted by Crippen LogP contribution is -2.25. The smallest absolute Gasteiger partial charge is 0.277 e. The number of ketones is 1. The number of nitrogens with zero attached hydrogens (tertiary/aromatic N) is 2. The molecule has 0 aliphatic rings. The van der Waals surface area contributed by atoms with Crippen molar-refractivity contribution in [1.29, 1.82) is 5.26 Å². The monoisotopic (exact) mass is 396 g/mol. The third kappa shape index (κ3) is 3.35. The molecule has 1 N–H and O–H groups in total. The number of aromatic nitrogens is 1. The molecule has 134 valence electrons. The summed E-state index contributed by atoms with van der Waals surface area (Å²) in [6, 6.07) is 16.4. The Morgan fingerprint density at radius 1 is 1.15 bits per heavy atom. The van der Waals surface area contributed by atoms with Gasteiger partial charge in [0.05, 0.1) is 11.3 Å². The molecule has 3 rings (SSSR count). The lowest BCUT2D eigenvalue weighted by molar-refractivity contribution is 0.103. The summed E-state index contributed by atoms with van der Waals surface area (Å²) in [4.78, 5) is 26.0. The van der Waals surface area contributed by atoms with Gasteiger partial charge in [0.15, 0.2) is 5.78 Å². The Labute approximate surface area is 164 Å². The van der Waals surface area contributed by atoms with Crippen molar-refractivity contribution in [2.45, 2.75) is 4.90 Å². The number of rotatable bonds is 4. The molecule has 0 aliphatic heterocycles. The third-order valence-corrected chi connectivity index (χ3v) is 5.04. The number of hydrogen-bond acceptors (Lipinski definition) is 5. The number of carbonyl (C=O) groups excluding carboxylic acids is 1. The minimum atomic E-state index is -0.703. The van der Waals surface area contributed by atoms with Crippen LogP contribution in [-0.2, 0) is 0 Å². The molecule has 27 heavy (non-hydrogen) atoms. The van der Waals surface area contributed by atoms with Crippen molar-refractivity contribution in [2.75, 3.05) is 6.26 Å². The zero-order valence-electron chi connectivity index (χ0n) is 14.1. The summed E-state index contributed by atoms with van der Waals surface area (Å²) in [5, 5.41) is 20.8. The zero-order valence-corrected chi connectivity index (χ0v) is 15.7. The van der Waals surface area contributed by atoms with Crippen LogP contribution in [0, 0.1) is 11.3 Å². The van der Waals surface area contributed by atoms with E-state index in [1.165, 1.54) is 12.1 Å². The molecule has 0 saturated heterocycles. The van der Waals surface area contributed by atoms with Crippen molar-refractivity contribution in [2.24, 2.45) is 0 Å². The van der Waals surface area contributed by atoms with Crippen LogP contribution in [0.3, 0.4) is 0 Å². The SMILES string of the molecule is CSc1c(C(=O)c2ccccc2)c(O)n(-c2ccc(Cl)cc2)c(=O)c1C#N. The van der Waals surface area contributed by atoms with Gasteiger partial charge in [-0.1, -0.05) is 41.9 Å². The first kappa shape index (κ1) is 18.8. The molecule has 2 aromatic carbocycles. The first-order valence-corrected chi connectivity index (χ1v) is 9.41. The molecule has 1 aromatic heterocycles. The Bertz CT molecular complexity index is 1120. The number of halogens is 1. The van der Waals surface area contributed by atoms with Crippen molar-refractivity contribution in [3.63, 3.8) is 0 Å². The fourth-order valence-electron chi connectivity index (χ4n) is 2.71. The maximum absolute atomic E-state index is 13.0. The Morgan fingerprint density at radius 2 is 1.78 bits per heavy atom. The molecule has 1 heterocycles. The van der Waals surface area contributed by atoms with E-state index in [-0.39, 0.29) is 16.0 Å². The number of aromatic hydroxyl groups is 1. The summed E-state index contributed by atoms with van der Waals surface area (Å²) < 4.78 is 0.949. The zero-order chi connectivity index (χ0) is 19.6. The third-order valence-electron chi connectivity index (χ3n) is 3.97. The van der Waals surface area contributed by atoms with Crippen LogP contribution in [0.25, 0.3) is 5.69 Å². The van der Waals surface area contributed by atoms with E-state index in [9.17, 15) is 20.0 Å². The first-order chi connectivity index (χ1) is 13.0. The van der Waals surface area contributed by atoms with E-state index in [2.05, 4.69) is 0 Å². The number of hydrogen-bond donors (Lipinski definition) is 1. The van der Waals surface area contributed by atoms with Crippen LogP contribution < -0.4 is 5.56 Å². The highest BCUT2D eigenvalue weighted by molar-refractivity contribution is 7.98. The normalized spacial score (nSPS) is 10.4. The molecule has 0 unspecified atom stereocenters. The lowest BCUT2D eigenvalue weighted by atomic mass is 10.0. The van der Waals surface area contributed by atoms with Gasteiger partial charge >= 0.3 is 0 Å². The van der Waals surface area contributed by atoms with Crippen LogP contribution in [0.5, 0.6) is 5.88 Å². The van der Waals surface area contributed by atoms with Gasteiger partial charge in [-0.15, -0.1) is 11.8 Å². The molecule has 0 aliphatic carbocycles. The van der Waals surface area contributed by atoms with Gasteiger partial charge in [-0.05, 0) is 30.5 Å². The minimum absolute atomic E-state index is 0.0835. The van der Waals surface area contributed by atoms with Crippen molar-refractivity contribution >= 4 is 29.1 Å². The summed E-state index contributed by atoms with van der Waals surface area (Å²) in [7, 11) is 0. The van der Waals surface area contributed by atoms with Gasteiger partial charge < -0.3 is 5.11 Å². The molecule has 3 aromatic rings. The molecule has 0 fully saturated rings. The summed E-state index contributed by atoms with van der Waals surface area (Å²) >= 11 is 6.95. The number of benzene rings is 2. The predicted octanol–water partition coefficient (Wildman–Crippen LogP) is 4.02. The number of nitriles is 1. The van der Waals surface area contributed by atoms with Crippen LogP contribution >= 0.6 is 23.4 Å². The molecular formula is C20H13ClN2O3S. The Morgan fingerprint density at radius 3 is 2.33 bits per heavy atom. The maximum atomic E-state index is 13.0. The lowest BCUT2D eigenvalue weighted by Gasteiger charge is -2.16. The average molecular weight is 397 g/mol. The van der Waals surface area contributed by atoms with Gasteiger partial charge in [-0.25, -0.2) is 4.57 Å². The number of carbonyl (C=O) groups is 1. The van der Waals surface area contributed by atoms with Crippen LogP contribution in [0.1, 0.15) is 21.5 Å². The average Bonchev–Trinajstić information content (AvgIpc) is 2.69. The molecular weight excluding hydrogens is 384 g/mol. The summed E-state index contributed by atoms with van der Waals surface area (Å²) in [5.41, 5.74) is -0.345. The second-order valence-corrected chi connectivity index (χ2v) is 6.78. The molecule has 0 saturated carbocycles. The van der Waals surface area contributed by atoms with Gasteiger partial charge in [0.1, 0.15) is 11.6 Å². The van der Waals surface area contributed by atoms with E-state index in [1.54, 1.807) is 48.7 Å². The fourth-order valence-corrected chi connectivity index (χ4v) is 3.57. The van der Waals surface area contributed by atoms with E-state index in [4.69, 9.17) is 11.6 Å². The van der Waals surface area contributed by atoms with Crippen molar-refractivity contribution in [3.8, 4) is 17.6 Å². The summed E-state index contributed by atoms with van der Waals surface area (Å²) in [6.07, 6.45) is 1.64. The minimum Gasteiger partial charge on any atom is -0.494 e. The largest absolute Gasteiger partial charge is 0.494 e. The van der Waals surface area contributed by atoms with Crippen LogP contribution in [-0.4, -0.2) is 21.7 Å². The maximum Gasteiger partial charge on any atom is 0.277 e. The van der Waals surface area contributed by atoms with Gasteiger partial charge in [0, 0.05) is 15.5 Å². The van der Waals surface area contributed by atoms with E-state index < -0.39 is 17.2 Å². The second-order valence-electron chi connectivity index (χ2n) is 5.53. The van der Waals surface area contributed by atoms with Gasteiger partial charge in [0.2, 0.25) is 5.88 Å². The molecule has 0 bridgehead atoms. The molecule has 0 spiro atoms. The number of pyridine rings is 1.